The molecule has 0 unspecified atom stereocenters. The van der Waals surface area contributed by atoms with E-state index in [0.717, 1.165) is 15.6 Å². The van der Waals surface area contributed by atoms with Crippen LogP contribution in [-0.2, 0) is 11.4 Å². The van der Waals surface area contributed by atoms with Crippen molar-refractivity contribution in [2.75, 3.05) is 7.11 Å². The van der Waals surface area contributed by atoms with Gasteiger partial charge in [0.2, 0.25) is 0 Å². The van der Waals surface area contributed by atoms with E-state index in [1.165, 1.54) is 24.7 Å². The van der Waals surface area contributed by atoms with Gasteiger partial charge in [0, 0.05) is 10.1 Å². The molecule has 0 fully saturated rings. The first-order valence-corrected chi connectivity index (χ1v) is 14.4. The molecule has 5 rings (SSSR count). The molecule has 43 heavy (non-hydrogen) atoms. The minimum Gasteiger partial charge on any atom is -0.493 e. The smallest absolute Gasteiger partial charge is 0.355 e. The number of thiophene rings is 1. The van der Waals surface area contributed by atoms with Gasteiger partial charge in [-0.3, -0.25) is 4.79 Å². The second-order valence-corrected chi connectivity index (χ2v) is 10.7. The molecule has 1 aromatic heterocycles. The summed E-state index contributed by atoms with van der Waals surface area (Å²) >= 11 is 7.68. The summed E-state index contributed by atoms with van der Waals surface area (Å²) in [4.78, 5) is 25.7. The van der Waals surface area contributed by atoms with Crippen LogP contribution >= 0.6 is 22.9 Å². The number of hydrogen-bond acceptors (Lipinski definition) is 8. The van der Waals surface area contributed by atoms with E-state index < -0.39 is 18.0 Å². The van der Waals surface area contributed by atoms with E-state index >= 15 is 0 Å². The van der Waals surface area contributed by atoms with Gasteiger partial charge >= 0.3 is 5.97 Å². The third-order valence-electron chi connectivity index (χ3n) is 6.25. The number of halogens is 1. The van der Waals surface area contributed by atoms with Gasteiger partial charge in [0.15, 0.2) is 17.6 Å². The SMILES string of the molecule is COc1cc(/C=N\NC(=O)[C@@H](C)Oc2ccc(OCc3ccccc3)cc2)ccc1OC(=O)c1sc2ccccc2c1Cl. The number of fused-ring (bicyclic) bond motifs is 1. The van der Waals surface area contributed by atoms with E-state index in [9.17, 15) is 9.59 Å². The lowest BCUT2D eigenvalue weighted by atomic mass is 10.2. The van der Waals surface area contributed by atoms with E-state index in [0.29, 0.717) is 39.3 Å². The number of benzene rings is 4. The molecule has 8 nitrogen and oxygen atoms in total. The van der Waals surface area contributed by atoms with Crippen molar-refractivity contribution in [3.8, 4) is 23.0 Å². The molecule has 10 heteroatoms. The molecule has 1 heterocycles. The number of ether oxygens (including phenoxy) is 4. The lowest BCUT2D eigenvalue weighted by Gasteiger charge is -2.13. The molecule has 0 bridgehead atoms. The highest BCUT2D eigenvalue weighted by molar-refractivity contribution is 7.21. The van der Waals surface area contributed by atoms with Crippen LogP contribution in [0.3, 0.4) is 0 Å². The minimum absolute atomic E-state index is 0.223. The van der Waals surface area contributed by atoms with Crippen LogP contribution in [0.1, 0.15) is 27.7 Å². The second kappa shape index (κ2) is 13.9. The summed E-state index contributed by atoms with van der Waals surface area (Å²) in [5, 5.41) is 5.17. The largest absolute Gasteiger partial charge is 0.493 e. The Morgan fingerprint density at radius 2 is 1.65 bits per heavy atom. The molecule has 0 aliphatic carbocycles. The lowest BCUT2D eigenvalue weighted by molar-refractivity contribution is -0.127. The summed E-state index contributed by atoms with van der Waals surface area (Å²) < 4.78 is 23.4. The van der Waals surface area contributed by atoms with Crippen LogP contribution < -0.4 is 24.4 Å². The van der Waals surface area contributed by atoms with E-state index in [2.05, 4.69) is 10.5 Å². The molecule has 4 aromatic carbocycles. The Hall–Kier alpha value is -4.86. The molecule has 0 radical (unpaired) electrons. The quantitative estimate of drug-likeness (QED) is 0.0727. The van der Waals surface area contributed by atoms with E-state index in [1.807, 2.05) is 54.6 Å². The maximum atomic E-state index is 12.9. The zero-order valence-electron chi connectivity index (χ0n) is 23.3. The van der Waals surface area contributed by atoms with E-state index in [1.54, 1.807) is 49.4 Å². The lowest BCUT2D eigenvalue weighted by Crippen LogP contribution is -2.33. The van der Waals surface area contributed by atoms with E-state index in [4.69, 9.17) is 30.5 Å². The highest BCUT2D eigenvalue weighted by Crippen LogP contribution is 2.37. The number of esters is 1. The number of rotatable bonds is 11. The summed E-state index contributed by atoms with van der Waals surface area (Å²) in [6.45, 7) is 2.08. The van der Waals surface area contributed by atoms with Gasteiger partial charge < -0.3 is 18.9 Å². The summed E-state index contributed by atoms with van der Waals surface area (Å²) in [5.41, 5.74) is 4.14. The predicted octanol–water partition coefficient (Wildman–Crippen LogP) is 7.28. The van der Waals surface area contributed by atoms with Crippen molar-refractivity contribution in [1.29, 1.82) is 0 Å². The fourth-order valence-electron chi connectivity index (χ4n) is 4.01. The highest BCUT2D eigenvalue weighted by Gasteiger charge is 2.20. The highest BCUT2D eigenvalue weighted by atomic mass is 35.5. The average Bonchev–Trinajstić information content (AvgIpc) is 3.38. The molecule has 218 valence electrons. The third kappa shape index (κ3) is 7.51. The summed E-state index contributed by atoms with van der Waals surface area (Å²) in [5.74, 6) is 0.734. The van der Waals surface area contributed by atoms with E-state index in [-0.39, 0.29) is 5.75 Å². The fourth-order valence-corrected chi connectivity index (χ4v) is 5.40. The maximum absolute atomic E-state index is 12.9. The first-order chi connectivity index (χ1) is 20.9. The number of nitrogens with zero attached hydrogens (tertiary/aromatic N) is 1. The Bertz CT molecular complexity index is 1760. The van der Waals surface area contributed by atoms with Crippen LogP contribution in [0.25, 0.3) is 10.1 Å². The number of hydrogen-bond donors (Lipinski definition) is 1. The summed E-state index contributed by atoms with van der Waals surface area (Å²) in [6, 6.07) is 29.3. The van der Waals surface area contributed by atoms with Crippen LogP contribution in [0.4, 0.5) is 0 Å². The predicted molar refractivity (Wildman–Crippen MR) is 168 cm³/mol. The first-order valence-electron chi connectivity index (χ1n) is 13.2. The van der Waals surface area contributed by atoms with Crippen molar-refractivity contribution < 1.29 is 28.5 Å². The van der Waals surface area contributed by atoms with Crippen molar-refractivity contribution in [2.45, 2.75) is 19.6 Å². The van der Waals surface area contributed by atoms with Crippen LogP contribution in [0.2, 0.25) is 5.02 Å². The number of carbonyl (C=O) groups excluding carboxylic acids is 2. The number of hydrazone groups is 1. The van der Waals surface area contributed by atoms with Crippen molar-refractivity contribution in [3.05, 3.63) is 118 Å². The topological polar surface area (TPSA) is 95.5 Å². The summed E-state index contributed by atoms with van der Waals surface area (Å²) in [6.07, 6.45) is 0.644. The molecule has 0 spiro atoms. The first kappa shape index (κ1) is 29.6. The number of methoxy groups -OCH3 is 1. The van der Waals surface area contributed by atoms with Gasteiger partial charge in [0.1, 0.15) is 23.0 Å². The molecule has 0 saturated heterocycles. The van der Waals surface area contributed by atoms with Gasteiger partial charge in [-0.15, -0.1) is 11.3 Å². The van der Waals surface area contributed by atoms with Gasteiger partial charge in [-0.05, 0) is 66.6 Å². The fraction of sp³-hybridized carbons (Fsp3) is 0.121. The average molecular weight is 615 g/mol. The van der Waals surface area contributed by atoms with Crippen LogP contribution in [-0.4, -0.2) is 31.3 Å². The normalized spacial score (nSPS) is 11.7. The molecule has 1 atom stereocenters. The zero-order valence-corrected chi connectivity index (χ0v) is 24.9. The Balaban J connectivity index is 1.13. The molecule has 5 aromatic rings. The minimum atomic E-state index is -0.801. The zero-order chi connectivity index (χ0) is 30.2. The Morgan fingerprint density at radius 3 is 2.40 bits per heavy atom. The number of nitrogens with one attached hydrogen (secondary N) is 1. The van der Waals surface area contributed by atoms with Crippen LogP contribution in [0, 0.1) is 0 Å². The number of amides is 1. The number of carbonyl (C=O) groups is 2. The summed E-state index contributed by atoms with van der Waals surface area (Å²) in [7, 11) is 1.46. The second-order valence-electron chi connectivity index (χ2n) is 9.28. The van der Waals surface area contributed by atoms with Gasteiger partial charge in [-0.2, -0.15) is 5.10 Å². The Labute approximate surface area is 257 Å². The van der Waals surface area contributed by atoms with Crippen molar-refractivity contribution in [3.63, 3.8) is 0 Å². The molecular weight excluding hydrogens is 588 g/mol. The molecule has 0 aliphatic heterocycles. The van der Waals surface area contributed by atoms with Gasteiger partial charge in [0.25, 0.3) is 5.91 Å². The Kier molecular flexibility index (Phi) is 9.56. The van der Waals surface area contributed by atoms with Gasteiger partial charge in [0.05, 0.1) is 18.3 Å². The maximum Gasteiger partial charge on any atom is 0.355 e. The van der Waals surface area contributed by atoms with Crippen molar-refractivity contribution in [2.24, 2.45) is 5.10 Å². The Morgan fingerprint density at radius 1 is 0.930 bits per heavy atom. The van der Waals surface area contributed by atoms with Gasteiger partial charge in [-0.25, -0.2) is 10.2 Å². The standard InChI is InChI=1S/C33H27ClN2O6S/c1-21(41-25-15-13-24(14-16-25)40-20-22-8-4-3-5-9-22)32(37)36-35-19-23-12-17-27(28(18-23)39-2)42-33(38)31-30(34)26-10-6-7-11-29(26)43-31/h3-19,21H,20H2,1-2H3,(H,36,37)/b35-19-/t21-/m1/s1. The van der Waals surface area contributed by atoms with Gasteiger partial charge in [-0.1, -0.05) is 60.1 Å². The molecule has 0 aliphatic rings. The van der Waals surface area contributed by atoms with Crippen LogP contribution in [0.15, 0.2) is 102 Å². The van der Waals surface area contributed by atoms with Crippen molar-refractivity contribution >= 4 is 51.1 Å². The monoisotopic (exact) mass is 614 g/mol. The molecule has 0 saturated carbocycles. The third-order valence-corrected chi connectivity index (χ3v) is 7.91. The van der Waals surface area contributed by atoms with Crippen LogP contribution in [0.5, 0.6) is 23.0 Å². The van der Waals surface area contributed by atoms with Crippen molar-refractivity contribution in [1.82, 2.24) is 5.43 Å². The molecule has 1 N–H and O–H groups in total. The molecular formula is C33H27ClN2O6S. The molecule has 1 amide bonds.